The molecule has 1 aliphatic rings. The van der Waals surface area contributed by atoms with Crippen LogP contribution in [0.1, 0.15) is 43.9 Å². The Morgan fingerprint density at radius 1 is 1.35 bits per heavy atom. The van der Waals surface area contributed by atoms with E-state index in [1.54, 1.807) is 13.8 Å². The Bertz CT molecular complexity index is 1090. The summed E-state index contributed by atoms with van der Waals surface area (Å²) in [5, 5.41) is 22.2. The number of fused-ring (bicyclic) bond motifs is 1. The third-order valence-corrected chi connectivity index (χ3v) is 5.17. The van der Waals surface area contributed by atoms with E-state index in [-0.39, 0.29) is 35.8 Å². The average molecular weight is 436 g/mol. The second-order valence-corrected chi connectivity index (χ2v) is 7.79. The first kappa shape index (κ1) is 22.4. The normalized spacial score (nSPS) is 17.3. The van der Waals surface area contributed by atoms with Crippen LogP contribution < -0.4 is 10.9 Å². The molecule has 2 heterocycles. The summed E-state index contributed by atoms with van der Waals surface area (Å²) in [5.74, 6) is -0.446. The minimum absolute atomic E-state index is 0.0700. The smallest absolute Gasteiger partial charge is 0.350 e. The van der Waals surface area contributed by atoms with Gasteiger partial charge in [0.2, 0.25) is 5.91 Å². The van der Waals surface area contributed by atoms with Crippen LogP contribution in [-0.4, -0.2) is 45.3 Å². The van der Waals surface area contributed by atoms with Gasteiger partial charge in [-0.25, -0.2) is 4.68 Å². The molecule has 3 N–H and O–H groups in total. The second kappa shape index (κ2) is 8.48. The molecule has 1 fully saturated rings. The minimum Gasteiger partial charge on any atom is -0.350 e. The zero-order valence-electron chi connectivity index (χ0n) is 17.1. The first-order chi connectivity index (χ1) is 14.5. The topological polar surface area (TPSA) is 115 Å². The number of amides is 1. The van der Waals surface area contributed by atoms with Crippen molar-refractivity contribution in [3.63, 3.8) is 0 Å². The van der Waals surface area contributed by atoms with E-state index < -0.39 is 23.2 Å². The lowest BCUT2D eigenvalue weighted by molar-refractivity contribution is -0.137. The van der Waals surface area contributed by atoms with Gasteiger partial charge in [-0.3, -0.25) is 20.4 Å². The lowest BCUT2D eigenvalue weighted by atomic mass is 10.0. The maximum atomic E-state index is 13.1. The molecule has 0 bridgehead atoms. The summed E-state index contributed by atoms with van der Waals surface area (Å²) >= 11 is 0. The highest BCUT2D eigenvalue weighted by atomic mass is 19.4. The predicted octanol–water partition coefficient (Wildman–Crippen LogP) is 2.70. The first-order valence-electron chi connectivity index (χ1n) is 9.77. The third-order valence-electron chi connectivity index (χ3n) is 5.17. The van der Waals surface area contributed by atoms with Crippen LogP contribution in [0.25, 0.3) is 10.8 Å². The largest absolute Gasteiger partial charge is 0.416 e. The van der Waals surface area contributed by atoms with Gasteiger partial charge in [-0.1, -0.05) is 13.8 Å². The number of nitrogens with one attached hydrogen (secondary N) is 3. The van der Waals surface area contributed by atoms with Crippen LogP contribution >= 0.6 is 0 Å². The number of amidine groups is 1. The Hall–Kier alpha value is -3.24. The molecule has 1 atom stereocenters. The van der Waals surface area contributed by atoms with E-state index in [0.29, 0.717) is 24.4 Å². The monoisotopic (exact) mass is 436 g/mol. The SMILES string of the molecule is CC(C)c1nn(CC(=O)N[C@@H]2CCC(=N)N(C=N)C2)c(=O)c2ccc(C(F)(F)F)cc12. The molecule has 0 saturated carbocycles. The van der Waals surface area contributed by atoms with Gasteiger partial charge in [0.25, 0.3) is 5.56 Å². The summed E-state index contributed by atoms with van der Waals surface area (Å²) in [6.45, 7) is 3.40. The van der Waals surface area contributed by atoms with E-state index >= 15 is 0 Å². The van der Waals surface area contributed by atoms with Gasteiger partial charge in [0.1, 0.15) is 12.4 Å². The van der Waals surface area contributed by atoms with Gasteiger partial charge in [-0.15, -0.1) is 0 Å². The van der Waals surface area contributed by atoms with Crippen LogP contribution in [0.5, 0.6) is 0 Å². The van der Waals surface area contributed by atoms with E-state index in [2.05, 4.69) is 10.4 Å². The van der Waals surface area contributed by atoms with Crippen LogP contribution in [0.3, 0.4) is 0 Å². The number of alkyl halides is 3. The molecule has 1 saturated heterocycles. The Labute approximate surface area is 176 Å². The van der Waals surface area contributed by atoms with Crippen LogP contribution in [0, 0.1) is 10.8 Å². The van der Waals surface area contributed by atoms with Crippen LogP contribution in [0.15, 0.2) is 23.0 Å². The van der Waals surface area contributed by atoms with Gasteiger partial charge in [-0.2, -0.15) is 18.3 Å². The van der Waals surface area contributed by atoms with E-state index in [1.807, 2.05) is 0 Å². The molecule has 1 aromatic heterocycles. The quantitative estimate of drug-likeness (QED) is 0.494. The van der Waals surface area contributed by atoms with Gasteiger partial charge in [0.05, 0.1) is 23.0 Å². The number of carbonyl (C=O) groups is 1. The fraction of sp³-hybridized carbons (Fsp3) is 0.450. The molecule has 0 unspecified atom stereocenters. The van der Waals surface area contributed by atoms with Gasteiger partial charge < -0.3 is 10.2 Å². The van der Waals surface area contributed by atoms with Gasteiger partial charge in [0.15, 0.2) is 0 Å². The summed E-state index contributed by atoms with van der Waals surface area (Å²) in [5.41, 5.74) is -1.21. The number of piperidine rings is 1. The van der Waals surface area contributed by atoms with Crippen molar-refractivity contribution >= 4 is 28.9 Å². The molecule has 0 spiro atoms. The van der Waals surface area contributed by atoms with Crippen molar-refractivity contribution in [1.29, 1.82) is 10.8 Å². The predicted molar refractivity (Wildman–Crippen MR) is 109 cm³/mol. The summed E-state index contributed by atoms with van der Waals surface area (Å²) < 4.78 is 40.3. The summed E-state index contributed by atoms with van der Waals surface area (Å²) in [7, 11) is 0. The lowest BCUT2D eigenvalue weighted by Gasteiger charge is -2.31. The molecule has 11 heteroatoms. The summed E-state index contributed by atoms with van der Waals surface area (Å²) in [4.78, 5) is 26.8. The molecule has 31 heavy (non-hydrogen) atoms. The van der Waals surface area contributed by atoms with Crippen molar-refractivity contribution in [3.05, 3.63) is 39.8 Å². The van der Waals surface area contributed by atoms with E-state index in [4.69, 9.17) is 10.8 Å². The Kier molecular flexibility index (Phi) is 6.14. The number of nitrogens with zero attached hydrogens (tertiary/aromatic N) is 3. The highest BCUT2D eigenvalue weighted by Crippen LogP contribution is 2.32. The van der Waals surface area contributed by atoms with Gasteiger partial charge >= 0.3 is 6.18 Å². The zero-order valence-corrected chi connectivity index (χ0v) is 17.1. The number of hydrogen-bond donors (Lipinski definition) is 3. The van der Waals surface area contributed by atoms with Crippen molar-refractivity contribution in [3.8, 4) is 0 Å². The molecule has 1 aliphatic heterocycles. The molecule has 0 aliphatic carbocycles. The van der Waals surface area contributed by atoms with Crippen molar-refractivity contribution in [1.82, 2.24) is 20.0 Å². The highest BCUT2D eigenvalue weighted by molar-refractivity contribution is 5.90. The van der Waals surface area contributed by atoms with E-state index in [0.717, 1.165) is 29.2 Å². The maximum Gasteiger partial charge on any atom is 0.416 e. The van der Waals surface area contributed by atoms with Crippen LogP contribution in [0.4, 0.5) is 13.2 Å². The number of benzene rings is 1. The molecule has 166 valence electrons. The lowest BCUT2D eigenvalue weighted by Crippen LogP contribution is -2.50. The number of aromatic nitrogens is 2. The Morgan fingerprint density at radius 3 is 2.68 bits per heavy atom. The van der Waals surface area contributed by atoms with Crippen molar-refractivity contribution in [2.45, 2.75) is 51.4 Å². The van der Waals surface area contributed by atoms with Crippen LogP contribution in [0.2, 0.25) is 0 Å². The van der Waals surface area contributed by atoms with E-state index in [9.17, 15) is 22.8 Å². The summed E-state index contributed by atoms with van der Waals surface area (Å²) in [6, 6.07) is 2.60. The highest BCUT2D eigenvalue weighted by Gasteiger charge is 2.31. The molecular weight excluding hydrogens is 413 g/mol. The standard InChI is InChI=1S/C20H23F3N6O2/c1-11(2)18-15-7-12(20(21,22)23)3-5-14(15)19(31)29(27-18)9-17(30)26-13-4-6-16(25)28(8-13)10-24/h3,5,7,10-11,13,24-25H,4,6,8-9H2,1-2H3,(H,26,30)/t13-/m1/s1. The molecule has 0 radical (unpaired) electrons. The Morgan fingerprint density at radius 2 is 2.06 bits per heavy atom. The van der Waals surface area contributed by atoms with Gasteiger partial charge in [-0.05, 0) is 30.5 Å². The maximum absolute atomic E-state index is 13.1. The Balaban J connectivity index is 1.89. The fourth-order valence-electron chi connectivity index (χ4n) is 3.57. The molecule has 8 nitrogen and oxygen atoms in total. The molecule has 1 aromatic carbocycles. The number of carbonyl (C=O) groups excluding carboxylic acids is 1. The second-order valence-electron chi connectivity index (χ2n) is 7.79. The average Bonchev–Trinajstić information content (AvgIpc) is 2.70. The van der Waals surface area contributed by atoms with Crippen molar-refractivity contribution < 1.29 is 18.0 Å². The van der Waals surface area contributed by atoms with E-state index in [1.165, 1.54) is 4.90 Å². The molecule has 1 amide bonds. The molecule has 2 aromatic rings. The fourth-order valence-corrected chi connectivity index (χ4v) is 3.57. The number of rotatable bonds is 5. The minimum atomic E-state index is -4.54. The summed E-state index contributed by atoms with van der Waals surface area (Å²) in [6.07, 6.45) is -2.57. The number of likely N-dealkylation sites (tertiary alicyclic amines) is 1. The zero-order chi connectivity index (χ0) is 22.9. The van der Waals surface area contributed by atoms with Crippen molar-refractivity contribution in [2.24, 2.45) is 0 Å². The number of hydrogen-bond acceptors (Lipinski definition) is 5. The first-order valence-corrected chi connectivity index (χ1v) is 9.77. The third kappa shape index (κ3) is 4.75. The van der Waals surface area contributed by atoms with Crippen molar-refractivity contribution in [2.75, 3.05) is 6.54 Å². The molecule has 3 rings (SSSR count). The van der Waals surface area contributed by atoms with Crippen LogP contribution in [-0.2, 0) is 17.5 Å². The van der Waals surface area contributed by atoms with Gasteiger partial charge in [0, 0.05) is 24.4 Å². The molecular formula is C20H23F3N6O2. The number of halogens is 3.